The Balaban J connectivity index is 2.72. The minimum Gasteiger partial charge on any atom is -0.494 e. The second kappa shape index (κ2) is 6.79. The lowest BCUT2D eigenvalue weighted by atomic mass is 9.99. The van der Waals surface area contributed by atoms with Gasteiger partial charge in [-0.3, -0.25) is 9.97 Å². The van der Waals surface area contributed by atoms with Gasteiger partial charge in [-0.05, 0) is 12.1 Å². The molecule has 0 unspecified atom stereocenters. The Morgan fingerprint density at radius 3 is 2.65 bits per heavy atom. The molecule has 6 nitrogen and oxygen atoms in total. The highest BCUT2D eigenvalue weighted by atomic mass is 19.3. The third-order valence-corrected chi connectivity index (χ3v) is 3.05. The minimum absolute atomic E-state index is 0.0536. The number of aromatic nitrogens is 2. The van der Waals surface area contributed by atoms with E-state index in [9.17, 15) is 18.7 Å². The zero-order valence-corrected chi connectivity index (χ0v) is 12.0. The lowest BCUT2D eigenvalue weighted by molar-refractivity contribution is 0.0697. The molecule has 2 rings (SSSR count). The van der Waals surface area contributed by atoms with Crippen molar-refractivity contribution in [2.45, 2.75) is 13.0 Å². The number of nitrogens with zero attached hydrogens (tertiary/aromatic N) is 3. The summed E-state index contributed by atoms with van der Waals surface area (Å²) in [4.78, 5) is 22.0. The minimum atomic E-state index is -2.81. The van der Waals surface area contributed by atoms with Crippen molar-refractivity contribution in [3.05, 3.63) is 52.9 Å². The van der Waals surface area contributed by atoms with E-state index in [0.29, 0.717) is 5.69 Å². The number of halogens is 2. The van der Waals surface area contributed by atoms with E-state index in [1.54, 1.807) is 0 Å². The lowest BCUT2D eigenvalue weighted by Crippen LogP contribution is -2.04. The first-order chi connectivity index (χ1) is 11.0. The van der Waals surface area contributed by atoms with Crippen molar-refractivity contribution in [3.8, 4) is 16.9 Å². The zero-order valence-electron chi connectivity index (χ0n) is 12.0. The van der Waals surface area contributed by atoms with Crippen LogP contribution in [0.15, 0.2) is 24.5 Å². The van der Waals surface area contributed by atoms with Gasteiger partial charge in [-0.25, -0.2) is 20.1 Å². The number of carboxylic acids is 1. The number of hydrogen-bond acceptors (Lipinski definition) is 4. The van der Waals surface area contributed by atoms with Gasteiger partial charge in [0.2, 0.25) is 0 Å². The van der Waals surface area contributed by atoms with E-state index in [2.05, 4.69) is 14.8 Å². The highest BCUT2D eigenvalue weighted by molar-refractivity contribution is 5.96. The van der Waals surface area contributed by atoms with Gasteiger partial charge in [-0.1, -0.05) is 0 Å². The largest absolute Gasteiger partial charge is 0.494 e. The molecule has 0 radical (unpaired) electrons. The summed E-state index contributed by atoms with van der Waals surface area (Å²) in [6.07, 6.45) is -0.602. The fourth-order valence-electron chi connectivity index (χ4n) is 2.01. The number of methoxy groups -OCH3 is 1. The van der Waals surface area contributed by atoms with Crippen molar-refractivity contribution < 1.29 is 23.4 Å². The van der Waals surface area contributed by atoms with Gasteiger partial charge < -0.3 is 14.7 Å². The fourth-order valence-corrected chi connectivity index (χ4v) is 2.01. The monoisotopic (exact) mass is 319 g/mol. The maximum atomic E-state index is 12.9. The Morgan fingerprint density at radius 1 is 1.35 bits per heavy atom. The van der Waals surface area contributed by atoms with Crippen LogP contribution in [0.5, 0.6) is 5.75 Å². The van der Waals surface area contributed by atoms with Gasteiger partial charge in [0.05, 0.1) is 18.9 Å². The Labute approximate surface area is 130 Å². The quantitative estimate of drug-likeness (QED) is 0.856. The SMILES string of the molecule is [C-]#[N+]Cc1cc(-c2cc(C(F)F)ncc2OC)c(C(=O)O)cn1. The van der Waals surface area contributed by atoms with E-state index in [1.807, 2.05) is 0 Å². The molecule has 0 atom stereocenters. The van der Waals surface area contributed by atoms with Crippen molar-refractivity contribution in [1.82, 2.24) is 9.97 Å². The third-order valence-electron chi connectivity index (χ3n) is 3.05. The highest BCUT2D eigenvalue weighted by Gasteiger charge is 2.20. The molecule has 1 N–H and O–H groups in total. The van der Waals surface area contributed by atoms with E-state index in [1.165, 1.54) is 13.2 Å². The van der Waals surface area contributed by atoms with Gasteiger partial charge in [0, 0.05) is 17.3 Å². The van der Waals surface area contributed by atoms with Crippen molar-refractivity contribution in [3.63, 3.8) is 0 Å². The van der Waals surface area contributed by atoms with E-state index < -0.39 is 18.1 Å². The number of hydrogen-bond donors (Lipinski definition) is 1. The molecule has 0 aliphatic heterocycles. The molecule has 0 aliphatic carbocycles. The number of aromatic carboxylic acids is 1. The fraction of sp³-hybridized carbons (Fsp3) is 0.200. The predicted molar refractivity (Wildman–Crippen MR) is 76.2 cm³/mol. The number of ether oxygens (including phenoxy) is 1. The Hall–Kier alpha value is -3.08. The number of pyridine rings is 2. The van der Waals surface area contributed by atoms with Crippen LogP contribution in [0.25, 0.3) is 16.0 Å². The summed E-state index contributed by atoms with van der Waals surface area (Å²) in [6, 6.07) is 2.46. The standard InChI is InChI=1S/C15H11F2N3O3/c1-18-5-8-3-9(11(6-19-8)15(21)22)10-4-12(14(16)17)20-7-13(10)23-2/h3-4,6-7,14H,5H2,2H3,(H,21,22). The molecule has 0 bridgehead atoms. The summed E-state index contributed by atoms with van der Waals surface area (Å²) in [7, 11) is 1.32. The molecular formula is C15H11F2N3O3. The second-order valence-corrected chi connectivity index (χ2v) is 4.45. The summed E-state index contributed by atoms with van der Waals surface area (Å²) in [6.45, 7) is 6.80. The van der Waals surface area contributed by atoms with Crippen LogP contribution in [0.2, 0.25) is 0 Å². The van der Waals surface area contributed by atoms with E-state index >= 15 is 0 Å². The summed E-state index contributed by atoms with van der Waals surface area (Å²) in [5, 5.41) is 9.28. The van der Waals surface area contributed by atoms with E-state index in [-0.39, 0.29) is 29.0 Å². The molecule has 0 spiro atoms. The molecule has 23 heavy (non-hydrogen) atoms. The Bertz CT molecular complexity index is 788. The molecule has 0 fully saturated rings. The summed E-state index contributed by atoms with van der Waals surface area (Å²) in [5.74, 6) is -1.11. The number of rotatable bonds is 5. The average molecular weight is 319 g/mol. The third kappa shape index (κ3) is 3.40. The molecule has 0 aromatic carbocycles. The lowest BCUT2D eigenvalue weighted by Gasteiger charge is -2.12. The zero-order chi connectivity index (χ0) is 17.0. The van der Waals surface area contributed by atoms with Crippen molar-refractivity contribution in [2.75, 3.05) is 7.11 Å². The number of alkyl halides is 2. The summed E-state index contributed by atoms with van der Waals surface area (Å²) >= 11 is 0. The Kier molecular flexibility index (Phi) is 4.81. The van der Waals surface area contributed by atoms with Gasteiger partial charge in [-0.15, -0.1) is 0 Å². The van der Waals surface area contributed by atoms with Crippen LogP contribution in [0.4, 0.5) is 8.78 Å². The normalized spacial score (nSPS) is 10.4. The first kappa shape index (κ1) is 16.3. The first-order valence-corrected chi connectivity index (χ1v) is 6.35. The van der Waals surface area contributed by atoms with Crippen molar-refractivity contribution in [1.29, 1.82) is 0 Å². The number of carbonyl (C=O) groups is 1. The van der Waals surface area contributed by atoms with Crippen LogP contribution in [-0.2, 0) is 6.54 Å². The van der Waals surface area contributed by atoms with Crippen LogP contribution in [0.1, 0.15) is 28.2 Å². The van der Waals surface area contributed by atoms with E-state index in [4.69, 9.17) is 11.3 Å². The van der Waals surface area contributed by atoms with Gasteiger partial charge in [-0.2, -0.15) is 0 Å². The van der Waals surface area contributed by atoms with E-state index in [0.717, 1.165) is 18.5 Å². The van der Waals surface area contributed by atoms with Crippen LogP contribution >= 0.6 is 0 Å². The Morgan fingerprint density at radius 2 is 2.09 bits per heavy atom. The smallest absolute Gasteiger partial charge is 0.337 e. The maximum Gasteiger partial charge on any atom is 0.337 e. The first-order valence-electron chi connectivity index (χ1n) is 6.35. The van der Waals surface area contributed by atoms with Gasteiger partial charge in [0.15, 0.2) is 0 Å². The molecule has 2 aromatic rings. The van der Waals surface area contributed by atoms with Crippen LogP contribution in [-0.4, -0.2) is 28.2 Å². The molecule has 8 heteroatoms. The van der Waals surface area contributed by atoms with Crippen molar-refractivity contribution >= 4 is 5.97 Å². The molecule has 0 saturated heterocycles. The van der Waals surface area contributed by atoms with Gasteiger partial charge in [0.1, 0.15) is 17.1 Å². The van der Waals surface area contributed by atoms with Crippen LogP contribution in [0.3, 0.4) is 0 Å². The molecule has 2 aromatic heterocycles. The molecular weight excluding hydrogens is 308 g/mol. The second-order valence-electron chi connectivity index (χ2n) is 4.45. The highest BCUT2D eigenvalue weighted by Crippen LogP contribution is 2.34. The van der Waals surface area contributed by atoms with Gasteiger partial charge in [0.25, 0.3) is 13.0 Å². The average Bonchev–Trinajstić information content (AvgIpc) is 2.54. The molecule has 0 aliphatic rings. The van der Waals surface area contributed by atoms with Crippen molar-refractivity contribution in [2.24, 2.45) is 0 Å². The molecule has 118 valence electrons. The molecule has 0 amide bonds. The van der Waals surface area contributed by atoms with Crippen LogP contribution in [0, 0.1) is 6.57 Å². The molecule has 0 saturated carbocycles. The number of carboxylic acid groups (broad SMARTS) is 1. The molecule has 2 heterocycles. The summed E-state index contributed by atoms with van der Waals surface area (Å²) in [5.41, 5.74) is -0.0438. The van der Waals surface area contributed by atoms with Gasteiger partial charge >= 0.3 is 5.97 Å². The predicted octanol–water partition coefficient (Wildman–Crippen LogP) is 3.21. The summed E-state index contributed by atoms with van der Waals surface area (Å²) < 4.78 is 30.9. The van der Waals surface area contributed by atoms with Crippen LogP contribution < -0.4 is 4.74 Å². The topological polar surface area (TPSA) is 76.7 Å². The maximum absolute atomic E-state index is 12.9.